The van der Waals surface area contributed by atoms with Crippen molar-refractivity contribution in [2.45, 2.75) is 98.7 Å². The van der Waals surface area contributed by atoms with Crippen LogP contribution in [-0.2, 0) is 19.1 Å². The third-order valence-corrected chi connectivity index (χ3v) is 10.6. The Bertz CT molecular complexity index is 731. The van der Waals surface area contributed by atoms with E-state index in [0.29, 0.717) is 24.0 Å². The highest BCUT2D eigenvalue weighted by Crippen LogP contribution is 2.74. The van der Waals surface area contributed by atoms with Crippen LogP contribution in [0.3, 0.4) is 0 Å². The molecule has 0 aromatic carbocycles. The lowest BCUT2D eigenvalue weighted by Crippen LogP contribution is -2.66. The number of Topliss-reactive ketones (excluding diaryl/α,β-unsaturated/α-hetero) is 1. The first-order valence-electron chi connectivity index (χ1n) is 11.8. The molecule has 0 aliphatic heterocycles. The molecule has 4 saturated carbocycles. The molecule has 0 aromatic heterocycles. The van der Waals surface area contributed by atoms with Gasteiger partial charge in [0.05, 0.1) is 12.2 Å². The fourth-order valence-corrected chi connectivity index (χ4v) is 8.80. The first-order valence-corrected chi connectivity index (χ1v) is 11.8. The van der Waals surface area contributed by atoms with Crippen molar-refractivity contribution in [1.82, 2.24) is 0 Å². The molecule has 5 heteroatoms. The number of rotatable bonds is 3. The van der Waals surface area contributed by atoms with Crippen LogP contribution in [0.4, 0.5) is 0 Å². The molecule has 0 bridgehead atoms. The van der Waals surface area contributed by atoms with Gasteiger partial charge < -0.3 is 14.6 Å². The predicted molar refractivity (Wildman–Crippen MR) is 113 cm³/mol. The van der Waals surface area contributed by atoms with E-state index in [4.69, 9.17) is 9.47 Å². The highest BCUT2D eigenvalue weighted by molar-refractivity contribution is 5.85. The number of hydrogen-bond donors (Lipinski definition) is 1. The van der Waals surface area contributed by atoms with Crippen LogP contribution < -0.4 is 0 Å². The van der Waals surface area contributed by atoms with Crippen LogP contribution in [-0.4, -0.2) is 35.9 Å². The quantitative estimate of drug-likeness (QED) is 0.537. The van der Waals surface area contributed by atoms with Gasteiger partial charge in [-0.2, -0.15) is 0 Å². The van der Waals surface area contributed by atoms with Gasteiger partial charge in [-0.25, -0.2) is 0 Å². The largest absolute Gasteiger partial charge is 0.439 e. The summed E-state index contributed by atoms with van der Waals surface area (Å²) in [5.41, 5.74) is -0.0130. The molecule has 0 radical (unpaired) electrons. The fraction of sp³-hybridized carbons (Fsp3) is 0.920. The Morgan fingerprint density at radius 3 is 2.40 bits per heavy atom. The summed E-state index contributed by atoms with van der Waals surface area (Å²) < 4.78 is 11.2. The van der Waals surface area contributed by atoms with Crippen molar-refractivity contribution in [3.63, 3.8) is 0 Å². The molecule has 0 amide bonds. The molecule has 0 saturated heterocycles. The van der Waals surface area contributed by atoms with Crippen molar-refractivity contribution in [3.05, 3.63) is 0 Å². The lowest BCUT2D eigenvalue weighted by Gasteiger charge is -2.70. The van der Waals surface area contributed by atoms with Gasteiger partial charge in [-0.05, 0) is 72.0 Å². The number of esters is 1. The minimum absolute atomic E-state index is 0.0757. The van der Waals surface area contributed by atoms with Crippen molar-refractivity contribution in [3.8, 4) is 0 Å². The topological polar surface area (TPSA) is 72.8 Å². The maximum Gasteiger partial charge on any atom is 0.304 e. The van der Waals surface area contributed by atoms with Crippen molar-refractivity contribution in [2.75, 3.05) is 6.79 Å². The van der Waals surface area contributed by atoms with Gasteiger partial charge in [0.2, 0.25) is 0 Å². The molecule has 30 heavy (non-hydrogen) atoms. The summed E-state index contributed by atoms with van der Waals surface area (Å²) >= 11 is 0. The van der Waals surface area contributed by atoms with Gasteiger partial charge in [0.15, 0.2) is 6.79 Å². The van der Waals surface area contributed by atoms with E-state index in [1.807, 2.05) is 0 Å². The summed E-state index contributed by atoms with van der Waals surface area (Å²) in [4.78, 5) is 24.3. The molecule has 0 aromatic rings. The second kappa shape index (κ2) is 7.03. The number of carbonyl (C=O) groups is 2. The molecule has 4 aliphatic rings. The van der Waals surface area contributed by atoms with E-state index in [-0.39, 0.29) is 52.5 Å². The van der Waals surface area contributed by atoms with Gasteiger partial charge in [-0.15, -0.1) is 0 Å². The Morgan fingerprint density at radius 1 is 1.03 bits per heavy atom. The van der Waals surface area contributed by atoms with E-state index in [1.165, 1.54) is 6.92 Å². The number of ether oxygens (including phenoxy) is 2. The average molecular weight is 421 g/mol. The molecule has 170 valence electrons. The van der Waals surface area contributed by atoms with Crippen LogP contribution in [0.1, 0.15) is 86.5 Å². The first-order chi connectivity index (χ1) is 13.9. The van der Waals surface area contributed by atoms with Gasteiger partial charge in [-0.1, -0.05) is 34.6 Å². The Hall–Kier alpha value is -0.940. The van der Waals surface area contributed by atoms with Gasteiger partial charge in [-0.3, -0.25) is 9.59 Å². The van der Waals surface area contributed by atoms with Crippen LogP contribution >= 0.6 is 0 Å². The Morgan fingerprint density at radius 2 is 1.73 bits per heavy atom. The second-order valence-corrected chi connectivity index (χ2v) is 12.0. The summed E-state index contributed by atoms with van der Waals surface area (Å²) in [5.74, 6) is 0.723. The van der Waals surface area contributed by atoms with Crippen LogP contribution in [0.15, 0.2) is 0 Å². The minimum atomic E-state index is -0.358. The van der Waals surface area contributed by atoms with Crippen molar-refractivity contribution in [2.24, 2.45) is 39.4 Å². The summed E-state index contributed by atoms with van der Waals surface area (Å²) in [6, 6.07) is 0. The highest BCUT2D eigenvalue weighted by atomic mass is 16.7. The number of fused-ring (bicyclic) bond motifs is 5. The zero-order valence-electron chi connectivity index (χ0n) is 19.6. The van der Waals surface area contributed by atoms with Gasteiger partial charge in [0.1, 0.15) is 5.78 Å². The summed E-state index contributed by atoms with van der Waals surface area (Å²) in [6.07, 6.45) is 6.00. The number of aliphatic hydroxyl groups is 1. The molecule has 8 atom stereocenters. The van der Waals surface area contributed by atoms with E-state index in [9.17, 15) is 14.7 Å². The Kier molecular flexibility index (Phi) is 5.22. The van der Waals surface area contributed by atoms with Gasteiger partial charge >= 0.3 is 5.97 Å². The van der Waals surface area contributed by atoms with Crippen LogP contribution in [0.5, 0.6) is 0 Å². The standard InChI is InChI=1S/C25H40O5/c1-15(26)29-14-30-17-13-19-23(4)10-9-20(28)22(2,3)18(23)8-12-24(19,5)25(6)11-7-16(27)21(17)25/h17-21,28H,7-14H2,1-6H3/t17-,18+,19-,20+,21+,23+,24-,25-/m1/s1. The highest BCUT2D eigenvalue weighted by Gasteiger charge is 2.70. The monoisotopic (exact) mass is 420 g/mol. The normalized spacial score (nSPS) is 49.7. The Balaban J connectivity index is 1.72. The number of carbonyl (C=O) groups excluding carboxylic acids is 2. The van der Waals surface area contributed by atoms with E-state index in [1.54, 1.807) is 0 Å². The molecule has 4 rings (SSSR count). The molecule has 5 nitrogen and oxygen atoms in total. The van der Waals surface area contributed by atoms with Gasteiger partial charge in [0, 0.05) is 19.3 Å². The molecule has 0 spiro atoms. The van der Waals surface area contributed by atoms with Crippen molar-refractivity contribution >= 4 is 11.8 Å². The molecule has 4 fully saturated rings. The molecule has 0 heterocycles. The second-order valence-electron chi connectivity index (χ2n) is 12.0. The van der Waals surface area contributed by atoms with Crippen LogP contribution in [0.2, 0.25) is 0 Å². The SMILES string of the molecule is CC(=O)OCO[C@@H]1C[C@@H]2[C@@]3(C)CC[C@H](O)C(C)(C)[C@@H]3CC[C@@]2(C)[C@]2(C)CCC(=O)[C@@H]12. The maximum atomic E-state index is 13.0. The molecular formula is C25H40O5. The summed E-state index contributed by atoms with van der Waals surface area (Å²) in [6.45, 7) is 13.0. The van der Waals surface area contributed by atoms with Crippen LogP contribution in [0.25, 0.3) is 0 Å². The molecular weight excluding hydrogens is 380 g/mol. The van der Waals surface area contributed by atoms with E-state index < -0.39 is 0 Å². The van der Waals surface area contributed by atoms with E-state index in [2.05, 4.69) is 34.6 Å². The van der Waals surface area contributed by atoms with Crippen molar-refractivity contribution < 1.29 is 24.2 Å². The maximum absolute atomic E-state index is 13.0. The fourth-order valence-electron chi connectivity index (χ4n) is 8.80. The van der Waals surface area contributed by atoms with E-state index >= 15 is 0 Å². The van der Waals surface area contributed by atoms with E-state index in [0.717, 1.165) is 38.5 Å². The lowest BCUT2D eigenvalue weighted by molar-refractivity contribution is -0.249. The van der Waals surface area contributed by atoms with Crippen LogP contribution in [0, 0.1) is 39.4 Å². The number of aliphatic hydroxyl groups excluding tert-OH is 1. The Labute approximate surface area is 181 Å². The summed E-state index contributed by atoms with van der Waals surface area (Å²) in [7, 11) is 0. The molecule has 0 unspecified atom stereocenters. The zero-order valence-corrected chi connectivity index (χ0v) is 19.6. The zero-order chi connectivity index (χ0) is 22.1. The minimum Gasteiger partial charge on any atom is -0.439 e. The smallest absolute Gasteiger partial charge is 0.304 e. The third kappa shape index (κ3) is 2.87. The molecule has 4 aliphatic carbocycles. The third-order valence-electron chi connectivity index (χ3n) is 10.6. The number of ketones is 1. The number of hydrogen-bond acceptors (Lipinski definition) is 5. The van der Waals surface area contributed by atoms with Gasteiger partial charge in [0.25, 0.3) is 0 Å². The lowest BCUT2D eigenvalue weighted by atomic mass is 9.35. The summed E-state index contributed by atoms with van der Waals surface area (Å²) in [5, 5.41) is 10.8. The van der Waals surface area contributed by atoms with Crippen molar-refractivity contribution in [1.29, 1.82) is 0 Å². The molecule has 1 N–H and O–H groups in total. The predicted octanol–water partition coefficient (Wildman–Crippen LogP) is 4.50. The first kappa shape index (κ1) is 22.3. The average Bonchev–Trinajstić information content (AvgIpc) is 2.97.